The van der Waals surface area contributed by atoms with Crippen LogP contribution < -0.4 is 10.2 Å². The minimum atomic E-state index is -1.47. The fourth-order valence-electron chi connectivity index (χ4n) is 1.90. The smallest absolute Gasteiger partial charge is 0.0718 e. The van der Waals surface area contributed by atoms with Crippen molar-refractivity contribution in [2.45, 2.75) is 6.92 Å². The van der Waals surface area contributed by atoms with Crippen LogP contribution in [0.1, 0.15) is 12.6 Å². The number of carbonyl (C=O) groups excluding carboxylic acids is 2. The molecule has 0 unspecified atom stereocenters. The molecule has 2 aromatic rings. The number of aromatic nitrogens is 1. The Bertz CT molecular complexity index is 775. The van der Waals surface area contributed by atoms with Gasteiger partial charge in [0.1, 0.15) is 0 Å². The lowest BCUT2D eigenvalue weighted by molar-refractivity contribution is -0.298. The maximum absolute atomic E-state index is 11.1. The minimum absolute atomic E-state index is 0.0324. The summed E-state index contributed by atoms with van der Waals surface area (Å²) in [6, 6.07) is 10.8. The van der Waals surface area contributed by atoms with E-state index < -0.39 is 11.9 Å². The second-order valence-corrected chi connectivity index (χ2v) is 4.42. The fourth-order valence-corrected chi connectivity index (χ4v) is 1.90. The van der Waals surface area contributed by atoms with Gasteiger partial charge in [0, 0.05) is 11.0 Å². The highest BCUT2D eigenvalue weighted by atomic mass is 16.4. The molecule has 0 aliphatic carbocycles. The first-order valence-electron chi connectivity index (χ1n) is 6.16. The van der Waals surface area contributed by atoms with Crippen LogP contribution in [0.5, 0.6) is 0 Å². The summed E-state index contributed by atoms with van der Waals surface area (Å²) in [6.45, 7) is 1.36. The Kier molecular flexibility index (Phi) is 4.13. The number of pyridine rings is 1. The molecular weight excluding hydrogens is 270 g/mol. The van der Waals surface area contributed by atoms with Gasteiger partial charge in [0.05, 0.1) is 23.1 Å². The Hall–Kier alpha value is -2.95. The van der Waals surface area contributed by atoms with Gasteiger partial charge in [-0.1, -0.05) is 24.3 Å². The largest absolute Gasteiger partial charge is 0.545 e. The van der Waals surface area contributed by atoms with E-state index in [1.165, 1.54) is 13.0 Å². The number of hydrogen-bond donors (Lipinski definition) is 0. The molecule has 0 spiro atoms. The van der Waals surface area contributed by atoms with E-state index in [2.05, 4.69) is 4.98 Å². The third-order valence-corrected chi connectivity index (χ3v) is 2.89. The Morgan fingerprint density at radius 2 is 1.81 bits per heavy atom. The molecule has 1 aromatic carbocycles. The van der Waals surface area contributed by atoms with Crippen molar-refractivity contribution in [2.75, 3.05) is 0 Å². The van der Waals surface area contributed by atoms with E-state index in [0.29, 0.717) is 17.3 Å². The first-order chi connectivity index (χ1) is 9.97. The topological polar surface area (TPSA) is 93.2 Å². The zero-order valence-electron chi connectivity index (χ0n) is 11.2. The summed E-state index contributed by atoms with van der Waals surface area (Å²) < 4.78 is 0. The highest BCUT2D eigenvalue weighted by molar-refractivity contribution is 5.97. The quantitative estimate of drug-likeness (QED) is 0.583. The zero-order chi connectivity index (χ0) is 15.4. The molecule has 106 valence electrons. The number of carbonyl (C=O) groups is 2. The van der Waals surface area contributed by atoms with Crippen LogP contribution in [-0.4, -0.2) is 16.9 Å². The van der Waals surface area contributed by atoms with Gasteiger partial charge in [-0.3, -0.25) is 0 Å². The van der Waals surface area contributed by atoms with Crippen LogP contribution in [-0.2, 0) is 9.59 Å². The van der Waals surface area contributed by atoms with Gasteiger partial charge >= 0.3 is 0 Å². The number of carboxylic acid groups (broad SMARTS) is 2. The number of fused-ring (bicyclic) bond motifs is 1. The van der Waals surface area contributed by atoms with Crippen LogP contribution in [0.25, 0.3) is 17.0 Å². The van der Waals surface area contributed by atoms with Crippen LogP contribution in [0, 0.1) is 0 Å². The van der Waals surface area contributed by atoms with Crippen molar-refractivity contribution in [1.82, 2.24) is 4.98 Å². The molecule has 21 heavy (non-hydrogen) atoms. The lowest BCUT2D eigenvalue weighted by Gasteiger charge is -2.10. The molecule has 0 N–H and O–H groups in total. The molecule has 0 amide bonds. The number of aliphatic carboxylic acids is 2. The molecule has 0 atom stereocenters. The van der Waals surface area contributed by atoms with E-state index in [0.717, 1.165) is 5.39 Å². The average Bonchev–Trinajstić information content (AvgIpc) is 2.43. The van der Waals surface area contributed by atoms with Crippen LogP contribution >= 0.6 is 0 Å². The summed E-state index contributed by atoms with van der Waals surface area (Å²) in [5.41, 5.74) is 0.899. The maximum atomic E-state index is 11.1. The third kappa shape index (κ3) is 3.54. The molecule has 0 saturated heterocycles. The van der Waals surface area contributed by atoms with Crippen molar-refractivity contribution in [2.24, 2.45) is 0 Å². The first-order valence-corrected chi connectivity index (χ1v) is 6.16. The van der Waals surface area contributed by atoms with Crippen LogP contribution in [0.2, 0.25) is 0 Å². The van der Waals surface area contributed by atoms with Gasteiger partial charge in [-0.25, -0.2) is 4.98 Å². The minimum Gasteiger partial charge on any atom is -0.545 e. The summed E-state index contributed by atoms with van der Waals surface area (Å²) in [5, 5.41) is 22.6. The molecule has 0 fully saturated rings. The predicted molar refractivity (Wildman–Crippen MR) is 73.5 cm³/mol. The summed E-state index contributed by atoms with van der Waals surface area (Å²) in [6.07, 6.45) is 1.99. The summed E-state index contributed by atoms with van der Waals surface area (Å²) in [5.74, 6) is -2.94. The Labute approximate surface area is 120 Å². The molecular formula is C16H11NO4-2. The van der Waals surface area contributed by atoms with Crippen LogP contribution in [0.15, 0.2) is 53.6 Å². The molecule has 0 aliphatic heterocycles. The van der Waals surface area contributed by atoms with E-state index in [4.69, 9.17) is 0 Å². The molecule has 0 radical (unpaired) electrons. The number of hydrogen-bond acceptors (Lipinski definition) is 5. The maximum Gasteiger partial charge on any atom is 0.0718 e. The second kappa shape index (κ2) is 6.00. The van der Waals surface area contributed by atoms with Gasteiger partial charge in [0.2, 0.25) is 0 Å². The van der Waals surface area contributed by atoms with E-state index in [9.17, 15) is 19.8 Å². The predicted octanol–water partition coefficient (Wildman–Crippen LogP) is 0.0643. The summed E-state index contributed by atoms with van der Waals surface area (Å²) in [4.78, 5) is 26.0. The van der Waals surface area contributed by atoms with E-state index in [-0.39, 0.29) is 11.1 Å². The van der Waals surface area contributed by atoms with Crippen molar-refractivity contribution >= 4 is 28.9 Å². The second-order valence-electron chi connectivity index (χ2n) is 4.42. The van der Waals surface area contributed by atoms with Gasteiger partial charge in [0.15, 0.2) is 0 Å². The third-order valence-electron chi connectivity index (χ3n) is 2.89. The Morgan fingerprint density at radius 1 is 1.10 bits per heavy atom. The van der Waals surface area contributed by atoms with Crippen LogP contribution in [0.4, 0.5) is 0 Å². The van der Waals surface area contributed by atoms with Gasteiger partial charge < -0.3 is 19.8 Å². The number of nitrogens with zero attached hydrogens (tertiary/aromatic N) is 1. The molecule has 0 saturated carbocycles. The lowest BCUT2D eigenvalue weighted by atomic mass is 10.1. The zero-order valence-corrected chi connectivity index (χ0v) is 11.2. The number of para-hydroxylation sites is 1. The van der Waals surface area contributed by atoms with Gasteiger partial charge in [0.25, 0.3) is 0 Å². The van der Waals surface area contributed by atoms with Crippen LogP contribution in [0.3, 0.4) is 0 Å². The Morgan fingerprint density at radius 3 is 2.48 bits per heavy atom. The summed E-state index contributed by atoms with van der Waals surface area (Å²) in [7, 11) is 0. The standard InChI is InChI=1S/C16H13NO4/c1-10(8-15(18)19)13(16(20)21)9-12-7-6-11-4-2-3-5-14(11)17-12/h2-9H,1H3,(H,18,19)(H,20,21)/p-2. The fraction of sp³-hybridized carbons (Fsp3) is 0.0625. The van der Waals surface area contributed by atoms with Gasteiger partial charge in [-0.15, -0.1) is 0 Å². The summed E-state index contributed by atoms with van der Waals surface area (Å²) >= 11 is 0. The number of rotatable bonds is 4. The molecule has 5 nitrogen and oxygen atoms in total. The molecule has 1 aromatic heterocycles. The highest BCUT2D eigenvalue weighted by Gasteiger charge is 2.04. The molecule has 1 heterocycles. The molecule has 0 bridgehead atoms. The van der Waals surface area contributed by atoms with Crippen molar-refractivity contribution < 1.29 is 19.8 Å². The van der Waals surface area contributed by atoms with Gasteiger partial charge in [-0.05, 0) is 36.8 Å². The van der Waals surface area contributed by atoms with Crippen molar-refractivity contribution in [3.8, 4) is 0 Å². The number of carboxylic acids is 2. The van der Waals surface area contributed by atoms with Crippen molar-refractivity contribution in [1.29, 1.82) is 0 Å². The molecule has 0 aliphatic rings. The average molecular weight is 281 g/mol. The molecule has 2 rings (SSSR count). The Balaban J connectivity index is 2.49. The molecule has 5 heteroatoms. The number of benzene rings is 1. The monoisotopic (exact) mass is 281 g/mol. The van der Waals surface area contributed by atoms with E-state index >= 15 is 0 Å². The highest BCUT2D eigenvalue weighted by Crippen LogP contribution is 2.16. The van der Waals surface area contributed by atoms with Gasteiger partial charge in [-0.2, -0.15) is 0 Å². The van der Waals surface area contributed by atoms with E-state index in [1.54, 1.807) is 18.2 Å². The SMILES string of the molecule is CC(=CC(=O)[O-])C(=Cc1ccc2ccccc2n1)C(=O)[O-]. The van der Waals surface area contributed by atoms with E-state index in [1.807, 2.05) is 18.2 Å². The van der Waals surface area contributed by atoms with Crippen molar-refractivity contribution in [3.63, 3.8) is 0 Å². The van der Waals surface area contributed by atoms with Crippen molar-refractivity contribution in [3.05, 3.63) is 59.3 Å². The first kappa shape index (κ1) is 14.5. The normalized spacial score (nSPS) is 12.4. The lowest BCUT2D eigenvalue weighted by Crippen LogP contribution is -2.26.